The van der Waals surface area contributed by atoms with Gasteiger partial charge in [0.25, 0.3) is 0 Å². The molecule has 35 heavy (non-hydrogen) atoms. The molecule has 0 aliphatic heterocycles. The number of methoxy groups -OCH3 is 3. The molecule has 7 nitrogen and oxygen atoms in total. The zero-order valence-electron chi connectivity index (χ0n) is 19.4. The third kappa shape index (κ3) is 5.00. The number of benzene rings is 3. The first-order chi connectivity index (χ1) is 16.9. The molecular formula is C27H23ClN2O5. The number of aromatic amines is 1. The maximum Gasteiger partial charge on any atom is 0.330 e. The molecule has 0 fully saturated rings. The number of rotatable bonds is 8. The summed E-state index contributed by atoms with van der Waals surface area (Å²) in [5.74, 6) is 1.22. The van der Waals surface area contributed by atoms with Gasteiger partial charge in [-0.05, 0) is 48.0 Å². The van der Waals surface area contributed by atoms with Gasteiger partial charge in [0, 0.05) is 22.3 Å². The highest BCUT2D eigenvalue weighted by atomic mass is 35.5. The van der Waals surface area contributed by atoms with Crippen molar-refractivity contribution in [1.29, 1.82) is 0 Å². The summed E-state index contributed by atoms with van der Waals surface area (Å²) in [6.45, 7) is 0. The number of aromatic nitrogens is 2. The lowest BCUT2D eigenvalue weighted by molar-refractivity contribution is 0.104. The highest BCUT2D eigenvalue weighted by molar-refractivity contribution is 6.30. The van der Waals surface area contributed by atoms with Crippen molar-refractivity contribution in [2.75, 3.05) is 21.3 Å². The van der Waals surface area contributed by atoms with Gasteiger partial charge in [-0.1, -0.05) is 41.9 Å². The summed E-state index contributed by atoms with van der Waals surface area (Å²) in [6, 6.07) is 17.6. The molecule has 0 unspecified atom stereocenters. The maximum atomic E-state index is 13.0. The Kier molecular flexibility index (Phi) is 7.08. The van der Waals surface area contributed by atoms with Gasteiger partial charge in [-0.3, -0.25) is 9.36 Å². The van der Waals surface area contributed by atoms with Gasteiger partial charge in [0.1, 0.15) is 0 Å². The Morgan fingerprint density at radius 2 is 1.63 bits per heavy atom. The Morgan fingerprint density at radius 3 is 2.26 bits per heavy atom. The SMILES string of the molecule is COc1cc(C=CC(=O)c2cccc(-n3c(-c4ccc(Cl)cc4)c[nH]c3=O)c2)cc(OC)c1OC. The van der Waals surface area contributed by atoms with Crippen molar-refractivity contribution in [2.45, 2.75) is 0 Å². The van der Waals surface area contributed by atoms with Crippen LogP contribution in [0.15, 0.2) is 77.7 Å². The van der Waals surface area contributed by atoms with Gasteiger partial charge in [0.05, 0.1) is 32.7 Å². The van der Waals surface area contributed by atoms with Gasteiger partial charge < -0.3 is 19.2 Å². The van der Waals surface area contributed by atoms with Crippen molar-refractivity contribution >= 4 is 23.5 Å². The topological polar surface area (TPSA) is 82.6 Å². The summed E-state index contributed by atoms with van der Waals surface area (Å²) in [4.78, 5) is 28.3. The monoisotopic (exact) mass is 490 g/mol. The maximum absolute atomic E-state index is 13.0. The molecule has 0 atom stereocenters. The largest absolute Gasteiger partial charge is 0.493 e. The summed E-state index contributed by atoms with van der Waals surface area (Å²) in [6.07, 6.45) is 4.76. The minimum atomic E-state index is -0.312. The molecule has 0 aliphatic rings. The van der Waals surface area contributed by atoms with Crippen LogP contribution >= 0.6 is 11.6 Å². The number of hydrogen-bond acceptors (Lipinski definition) is 5. The fraction of sp³-hybridized carbons (Fsp3) is 0.111. The van der Waals surface area contributed by atoms with Crippen LogP contribution in [0.4, 0.5) is 0 Å². The summed E-state index contributed by atoms with van der Waals surface area (Å²) in [5.41, 5.74) is 2.86. The molecule has 0 radical (unpaired) electrons. The number of ether oxygens (including phenoxy) is 3. The summed E-state index contributed by atoms with van der Waals surface area (Å²) >= 11 is 6.00. The Morgan fingerprint density at radius 1 is 0.943 bits per heavy atom. The molecule has 3 aromatic carbocycles. The van der Waals surface area contributed by atoms with Crippen molar-refractivity contribution in [3.05, 3.63) is 99.6 Å². The van der Waals surface area contributed by atoms with Gasteiger partial charge in [0.15, 0.2) is 17.3 Å². The van der Waals surface area contributed by atoms with Crippen LogP contribution in [0.3, 0.4) is 0 Å². The molecule has 8 heteroatoms. The summed E-state index contributed by atoms with van der Waals surface area (Å²) in [5, 5.41) is 0.602. The average Bonchev–Trinajstić information content (AvgIpc) is 3.28. The smallest absolute Gasteiger partial charge is 0.330 e. The fourth-order valence-electron chi connectivity index (χ4n) is 3.72. The van der Waals surface area contributed by atoms with Crippen LogP contribution in [0.5, 0.6) is 17.2 Å². The van der Waals surface area contributed by atoms with E-state index in [2.05, 4.69) is 4.98 Å². The number of H-pyrrole nitrogens is 1. The predicted octanol–water partition coefficient (Wildman–Crippen LogP) is 5.41. The number of imidazole rings is 1. The minimum absolute atomic E-state index is 0.225. The predicted molar refractivity (Wildman–Crippen MR) is 136 cm³/mol. The van der Waals surface area contributed by atoms with E-state index in [-0.39, 0.29) is 11.5 Å². The van der Waals surface area contributed by atoms with Crippen molar-refractivity contribution < 1.29 is 19.0 Å². The Hall–Kier alpha value is -4.23. The first-order valence-electron chi connectivity index (χ1n) is 10.6. The third-order valence-corrected chi connectivity index (χ3v) is 5.67. The van der Waals surface area contributed by atoms with Crippen LogP contribution in [-0.4, -0.2) is 36.7 Å². The fourth-order valence-corrected chi connectivity index (χ4v) is 3.85. The molecule has 0 amide bonds. The van der Waals surface area contributed by atoms with E-state index in [0.29, 0.717) is 44.8 Å². The number of allylic oxidation sites excluding steroid dienone is 1. The standard InChI is InChI=1S/C27H23ClN2O5/c1-33-24-13-17(14-25(34-2)26(24)35-3)7-12-23(31)19-5-4-6-21(15-19)30-22(16-29-27(30)32)18-8-10-20(28)11-9-18/h4-16H,1-3H3,(H,29,32). The van der Waals surface area contributed by atoms with E-state index in [9.17, 15) is 9.59 Å². The molecule has 178 valence electrons. The summed E-state index contributed by atoms with van der Waals surface area (Å²) in [7, 11) is 4.59. The first-order valence-corrected chi connectivity index (χ1v) is 11.0. The number of halogens is 1. The highest BCUT2D eigenvalue weighted by Gasteiger charge is 2.14. The van der Waals surface area contributed by atoms with Crippen LogP contribution in [-0.2, 0) is 0 Å². The normalized spacial score (nSPS) is 11.0. The van der Waals surface area contributed by atoms with Gasteiger partial charge in [0.2, 0.25) is 5.75 Å². The van der Waals surface area contributed by atoms with Crippen molar-refractivity contribution in [2.24, 2.45) is 0 Å². The Labute approximate surface area is 207 Å². The van der Waals surface area contributed by atoms with Crippen LogP contribution in [0.25, 0.3) is 23.0 Å². The molecule has 4 rings (SSSR count). The van der Waals surface area contributed by atoms with E-state index < -0.39 is 0 Å². The lowest BCUT2D eigenvalue weighted by Gasteiger charge is -2.12. The zero-order valence-corrected chi connectivity index (χ0v) is 20.1. The van der Waals surface area contributed by atoms with E-state index in [1.165, 1.54) is 32.0 Å². The van der Waals surface area contributed by atoms with Gasteiger partial charge >= 0.3 is 5.69 Å². The lowest BCUT2D eigenvalue weighted by Crippen LogP contribution is -2.16. The Bertz CT molecular complexity index is 1430. The van der Waals surface area contributed by atoms with E-state index in [1.807, 2.05) is 12.1 Å². The molecule has 4 aromatic rings. The quantitative estimate of drug-likeness (QED) is 0.264. The molecule has 0 bridgehead atoms. The number of carbonyl (C=O) groups is 1. The van der Waals surface area contributed by atoms with E-state index in [0.717, 1.165) is 5.56 Å². The number of hydrogen-bond donors (Lipinski definition) is 1. The minimum Gasteiger partial charge on any atom is -0.493 e. The second kappa shape index (κ2) is 10.4. The number of nitrogens with zero attached hydrogens (tertiary/aromatic N) is 1. The molecule has 1 aromatic heterocycles. The van der Waals surface area contributed by atoms with Gasteiger partial charge in [-0.25, -0.2) is 4.79 Å². The van der Waals surface area contributed by atoms with E-state index in [4.69, 9.17) is 25.8 Å². The third-order valence-electron chi connectivity index (χ3n) is 5.42. The van der Waals surface area contributed by atoms with Crippen molar-refractivity contribution in [1.82, 2.24) is 9.55 Å². The molecule has 0 aliphatic carbocycles. The van der Waals surface area contributed by atoms with Crippen LogP contribution in [0, 0.1) is 0 Å². The second-order valence-corrected chi connectivity index (χ2v) is 7.96. The first kappa shape index (κ1) is 23.9. The molecule has 0 saturated carbocycles. The summed E-state index contributed by atoms with van der Waals surface area (Å²) < 4.78 is 17.6. The molecular weight excluding hydrogens is 468 g/mol. The number of nitrogens with one attached hydrogen (secondary N) is 1. The number of ketones is 1. The average molecular weight is 491 g/mol. The molecule has 1 N–H and O–H groups in total. The van der Waals surface area contributed by atoms with Crippen LogP contribution < -0.4 is 19.9 Å². The van der Waals surface area contributed by atoms with Gasteiger partial charge in [-0.15, -0.1) is 0 Å². The van der Waals surface area contributed by atoms with Crippen LogP contribution in [0.1, 0.15) is 15.9 Å². The molecule has 1 heterocycles. The highest BCUT2D eigenvalue weighted by Crippen LogP contribution is 2.38. The number of carbonyl (C=O) groups excluding carboxylic acids is 1. The molecule has 0 spiro atoms. The molecule has 0 saturated heterocycles. The lowest BCUT2D eigenvalue weighted by atomic mass is 10.1. The second-order valence-electron chi connectivity index (χ2n) is 7.53. The van der Waals surface area contributed by atoms with Crippen molar-refractivity contribution in [3.63, 3.8) is 0 Å². The zero-order chi connectivity index (χ0) is 24.9. The van der Waals surface area contributed by atoms with E-state index in [1.54, 1.807) is 60.8 Å². The Balaban J connectivity index is 1.65. The van der Waals surface area contributed by atoms with Crippen molar-refractivity contribution in [3.8, 4) is 34.2 Å². The van der Waals surface area contributed by atoms with Crippen LogP contribution in [0.2, 0.25) is 5.02 Å². The van der Waals surface area contributed by atoms with E-state index >= 15 is 0 Å². The van der Waals surface area contributed by atoms with Gasteiger partial charge in [-0.2, -0.15) is 0 Å².